The van der Waals surface area contributed by atoms with Crippen molar-refractivity contribution in [3.8, 4) is 11.5 Å². The lowest BCUT2D eigenvalue weighted by Crippen LogP contribution is -2.28. The SMILES string of the molecule is COc1ccc(SC)c2cc3c(cc12)N(C)CCO3. The molecule has 19 heavy (non-hydrogen) atoms. The first-order chi connectivity index (χ1) is 9.24. The number of rotatable bonds is 2. The molecular weight excluding hydrogens is 258 g/mol. The number of nitrogens with zero attached hydrogens (tertiary/aromatic N) is 1. The maximum absolute atomic E-state index is 5.78. The molecule has 100 valence electrons. The van der Waals surface area contributed by atoms with Crippen LogP contribution in [0.1, 0.15) is 0 Å². The first-order valence-electron chi connectivity index (χ1n) is 6.27. The summed E-state index contributed by atoms with van der Waals surface area (Å²) >= 11 is 1.74. The molecule has 0 N–H and O–H groups in total. The number of hydrogen-bond acceptors (Lipinski definition) is 4. The zero-order chi connectivity index (χ0) is 13.4. The Morgan fingerprint density at radius 3 is 2.84 bits per heavy atom. The van der Waals surface area contributed by atoms with Crippen molar-refractivity contribution in [3.05, 3.63) is 24.3 Å². The molecule has 3 nitrogen and oxygen atoms in total. The summed E-state index contributed by atoms with van der Waals surface area (Å²) < 4.78 is 11.3. The molecule has 0 radical (unpaired) electrons. The Morgan fingerprint density at radius 2 is 2.11 bits per heavy atom. The lowest BCUT2D eigenvalue weighted by atomic mass is 10.1. The van der Waals surface area contributed by atoms with Gasteiger partial charge >= 0.3 is 0 Å². The van der Waals surface area contributed by atoms with Gasteiger partial charge in [-0.15, -0.1) is 11.8 Å². The Bertz CT molecular complexity index is 627. The van der Waals surface area contributed by atoms with Crippen LogP contribution in [0.3, 0.4) is 0 Å². The summed E-state index contributed by atoms with van der Waals surface area (Å²) in [5, 5.41) is 2.34. The van der Waals surface area contributed by atoms with Crippen molar-refractivity contribution in [1.82, 2.24) is 0 Å². The van der Waals surface area contributed by atoms with Gasteiger partial charge in [0.05, 0.1) is 19.3 Å². The van der Waals surface area contributed by atoms with Gasteiger partial charge in [-0.25, -0.2) is 0 Å². The van der Waals surface area contributed by atoms with E-state index < -0.39 is 0 Å². The smallest absolute Gasteiger partial charge is 0.143 e. The monoisotopic (exact) mass is 275 g/mol. The van der Waals surface area contributed by atoms with Crippen molar-refractivity contribution in [1.29, 1.82) is 0 Å². The van der Waals surface area contributed by atoms with E-state index in [2.05, 4.69) is 36.4 Å². The van der Waals surface area contributed by atoms with E-state index in [9.17, 15) is 0 Å². The minimum absolute atomic E-state index is 0.744. The van der Waals surface area contributed by atoms with Crippen LogP contribution < -0.4 is 14.4 Å². The van der Waals surface area contributed by atoms with Crippen molar-refractivity contribution >= 4 is 28.2 Å². The van der Waals surface area contributed by atoms with Crippen molar-refractivity contribution < 1.29 is 9.47 Å². The summed E-state index contributed by atoms with van der Waals surface area (Å²) in [6, 6.07) is 8.44. The Morgan fingerprint density at radius 1 is 1.26 bits per heavy atom. The van der Waals surface area contributed by atoms with Gasteiger partial charge < -0.3 is 14.4 Å². The second-order valence-electron chi connectivity index (χ2n) is 4.61. The van der Waals surface area contributed by atoms with E-state index in [1.165, 1.54) is 10.3 Å². The van der Waals surface area contributed by atoms with E-state index in [0.29, 0.717) is 0 Å². The van der Waals surface area contributed by atoms with Crippen LogP contribution in [0.4, 0.5) is 5.69 Å². The molecule has 2 aromatic rings. The molecule has 1 aliphatic heterocycles. The van der Waals surface area contributed by atoms with Gasteiger partial charge in [-0.1, -0.05) is 0 Å². The average Bonchev–Trinajstić information content (AvgIpc) is 2.45. The van der Waals surface area contributed by atoms with Crippen LogP contribution in [0.15, 0.2) is 29.2 Å². The number of thioether (sulfide) groups is 1. The average molecular weight is 275 g/mol. The fourth-order valence-corrected chi connectivity index (χ4v) is 3.08. The lowest BCUT2D eigenvalue weighted by molar-refractivity contribution is 0.312. The molecule has 0 amide bonds. The third kappa shape index (κ3) is 2.00. The zero-order valence-electron chi connectivity index (χ0n) is 11.4. The molecular formula is C15H17NO2S. The number of methoxy groups -OCH3 is 1. The number of fused-ring (bicyclic) bond motifs is 2. The highest BCUT2D eigenvalue weighted by Crippen LogP contribution is 2.41. The van der Waals surface area contributed by atoms with Gasteiger partial charge in [-0.3, -0.25) is 0 Å². The molecule has 3 rings (SSSR count). The lowest BCUT2D eigenvalue weighted by Gasteiger charge is -2.28. The summed E-state index contributed by atoms with van der Waals surface area (Å²) in [6.45, 7) is 1.66. The highest BCUT2D eigenvalue weighted by molar-refractivity contribution is 7.98. The Hall–Kier alpha value is -1.55. The molecule has 2 aromatic carbocycles. The highest BCUT2D eigenvalue weighted by Gasteiger charge is 2.18. The van der Waals surface area contributed by atoms with E-state index in [0.717, 1.165) is 35.7 Å². The summed E-state index contributed by atoms with van der Waals surface area (Å²) in [4.78, 5) is 3.47. The molecule has 1 heterocycles. The van der Waals surface area contributed by atoms with Crippen LogP contribution >= 0.6 is 11.8 Å². The van der Waals surface area contributed by atoms with Crippen LogP contribution in [-0.4, -0.2) is 33.6 Å². The number of ether oxygens (including phenoxy) is 2. The van der Waals surface area contributed by atoms with E-state index in [-0.39, 0.29) is 0 Å². The Labute approximate surface area is 117 Å². The first kappa shape index (κ1) is 12.5. The number of likely N-dealkylation sites (N-methyl/N-ethyl adjacent to an activating group) is 1. The summed E-state index contributed by atoms with van der Waals surface area (Å²) in [6.07, 6.45) is 2.09. The van der Waals surface area contributed by atoms with E-state index in [4.69, 9.17) is 9.47 Å². The molecule has 0 spiro atoms. The normalized spacial score (nSPS) is 14.2. The standard InChI is InChI=1S/C15H17NO2S/c1-16-6-7-18-14-9-11-10(8-12(14)16)13(17-2)4-5-15(11)19-3/h4-5,8-9H,6-7H2,1-3H3. The second-order valence-corrected chi connectivity index (χ2v) is 5.45. The minimum atomic E-state index is 0.744. The van der Waals surface area contributed by atoms with Crippen LogP contribution in [0.2, 0.25) is 0 Å². The molecule has 0 aliphatic carbocycles. The van der Waals surface area contributed by atoms with Crippen molar-refractivity contribution in [2.75, 3.05) is 38.5 Å². The predicted octanol–water partition coefficient (Wildman–Crippen LogP) is 3.40. The largest absolute Gasteiger partial charge is 0.496 e. The van der Waals surface area contributed by atoms with Crippen molar-refractivity contribution in [2.45, 2.75) is 4.90 Å². The molecule has 0 atom stereocenters. The molecule has 4 heteroatoms. The Kier molecular flexibility index (Phi) is 3.19. The summed E-state index contributed by atoms with van der Waals surface area (Å²) in [5.41, 5.74) is 1.13. The molecule has 0 fully saturated rings. The molecule has 0 saturated carbocycles. The van der Waals surface area contributed by atoms with Gasteiger partial charge in [0.2, 0.25) is 0 Å². The van der Waals surface area contributed by atoms with E-state index in [1.54, 1.807) is 18.9 Å². The van der Waals surface area contributed by atoms with Gasteiger partial charge in [0, 0.05) is 22.7 Å². The Balaban J connectivity index is 2.31. The van der Waals surface area contributed by atoms with Crippen molar-refractivity contribution in [2.24, 2.45) is 0 Å². The first-order valence-corrected chi connectivity index (χ1v) is 7.49. The zero-order valence-corrected chi connectivity index (χ0v) is 12.2. The van der Waals surface area contributed by atoms with Gasteiger partial charge in [-0.05, 0) is 30.5 Å². The molecule has 0 aromatic heterocycles. The predicted molar refractivity (Wildman–Crippen MR) is 81.0 cm³/mol. The van der Waals surface area contributed by atoms with Gasteiger partial charge in [0.1, 0.15) is 18.1 Å². The number of hydrogen-bond donors (Lipinski definition) is 0. The maximum Gasteiger partial charge on any atom is 0.143 e. The second kappa shape index (κ2) is 4.85. The number of benzene rings is 2. The van der Waals surface area contributed by atoms with Gasteiger partial charge in [0.25, 0.3) is 0 Å². The van der Waals surface area contributed by atoms with Crippen LogP contribution in [0.25, 0.3) is 10.8 Å². The third-order valence-electron chi connectivity index (χ3n) is 3.55. The molecule has 0 bridgehead atoms. The summed E-state index contributed by atoms with van der Waals surface area (Å²) in [5.74, 6) is 1.87. The van der Waals surface area contributed by atoms with Crippen LogP contribution in [0.5, 0.6) is 11.5 Å². The fourth-order valence-electron chi connectivity index (χ4n) is 2.49. The molecule has 1 aliphatic rings. The maximum atomic E-state index is 5.78. The molecule has 0 saturated heterocycles. The van der Waals surface area contributed by atoms with E-state index in [1.807, 2.05) is 6.07 Å². The topological polar surface area (TPSA) is 21.7 Å². The van der Waals surface area contributed by atoms with Crippen LogP contribution in [-0.2, 0) is 0 Å². The number of anilines is 1. The minimum Gasteiger partial charge on any atom is -0.496 e. The molecule has 0 unspecified atom stereocenters. The van der Waals surface area contributed by atoms with Gasteiger partial charge in [-0.2, -0.15) is 0 Å². The quantitative estimate of drug-likeness (QED) is 0.783. The van der Waals surface area contributed by atoms with Crippen molar-refractivity contribution in [3.63, 3.8) is 0 Å². The summed E-state index contributed by atoms with van der Waals surface area (Å²) in [7, 11) is 3.81. The fraction of sp³-hybridized carbons (Fsp3) is 0.333. The van der Waals surface area contributed by atoms with Crippen LogP contribution in [0, 0.1) is 0 Å². The van der Waals surface area contributed by atoms with E-state index >= 15 is 0 Å². The van der Waals surface area contributed by atoms with Gasteiger partial charge in [0.15, 0.2) is 0 Å². The third-order valence-corrected chi connectivity index (χ3v) is 4.35. The highest BCUT2D eigenvalue weighted by atomic mass is 32.2.